The van der Waals surface area contributed by atoms with Gasteiger partial charge in [0.25, 0.3) is 0 Å². The number of rotatable bonds is 7. The molecule has 1 N–H and O–H groups in total. The van der Waals surface area contributed by atoms with Crippen molar-refractivity contribution in [2.75, 3.05) is 54.0 Å². The molecule has 1 saturated carbocycles. The highest BCUT2D eigenvalue weighted by Gasteiger charge is 2.42. The van der Waals surface area contributed by atoms with Crippen molar-refractivity contribution < 1.29 is 18.8 Å². The molecule has 1 heterocycles. The molecule has 0 radical (unpaired) electrons. The van der Waals surface area contributed by atoms with Gasteiger partial charge in [-0.3, -0.25) is 14.5 Å². The Labute approximate surface area is 161 Å². The number of fused-ring (bicyclic) bond motifs is 1. The molecule has 3 atom stereocenters. The Hall–Kier alpha value is -1.54. The zero-order valence-electron chi connectivity index (χ0n) is 16.7. The number of piperidine rings is 1. The molecule has 27 heavy (non-hydrogen) atoms. The van der Waals surface area contributed by atoms with Gasteiger partial charge >= 0.3 is 6.03 Å². The molecule has 2 fully saturated rings. The number of alkyl halides is 1. The molecule has 0 aromatic rings. The summed E-state index contributed by atoms with van der Waals surface area (Å²) < 4.78 is 12.4. The Morgan fingerprint density at radius 2 is 2.04 bits per heavy atom. The minimum absolute atomic E-state index is 0.0972. The summed E-state index contributed by atoms with van der Waals surface area (Å²) in [7, 11) is 5.86. The number of nitrogens with one attached hydrogen (secondary N) is 1. The van der Waals surface area contributed by atoms with Crippen LogP contribution in [0, 0.1) is 11.8 Å². The van der Waals surface area contributed by atoms with Crippen LogP contribution in [-0.4, -0.2) is 92.5 Å². The molecule has 0 unspecified atom stereocenters. The first-order valence-electron chi connectivity index (χ1n) is 9.85. The average molecular weight is 384 g/mol. The van der Waals surface area contributed by atoms with E-state index in [9.17, 15) is 18.8 Å². The number of nitrogens with zero attached hydrogens (tertiary/aromatic N) is 3. The van der Waals surface area contributed by atoms with Crippen LogP contribution in [0.15, 0.2) is 0 Å². The van der Waals surface area contributed by atoms with E-state index in [1.165, 1.54) is 4.90 Å². The minimum Gasteiger partial charge on any atom is -0.335 e. The van der Waals surface area contributed by atoms with Crippen LogP contribution >= 0.6 is 0 Å². The number of amides is 3. The van der Waals surface area contributed by atoms with Crippen LogP contribution in [-0.2, 0) is 9.59 Å². The number of carbonyl (C=O) groups is 3. The van der Waals surface area contributed by atoms with E-state index in [1.807, 2.05) is 26.0 Å². The third kappa shape index (κ3) is 5.97. The van der Waals surface area contributed by atoms with Gasteiger partial charge < -0.3 is 15.1 Å². The van der Waals surface area contributed by atoms with Crippen molar-refractivity contribution in [3.63, 3.8) is 0 Å². The number of ketones is 1. The largest absolute Gasteiger partial charge is 0.335 e. The highest BCUT2D eigenvalue weighted by atomic mass is 19.1. The maximum Gasteiger partial charge on any atom is 0.324 e. The lowest BCUT2D eigenvalue weighted by Gasteiger charge is -2.45. The van der Waals surface area contributed by atoms with Crippen LogP contribution in [0.1, 0.15) is 32.1 Å². The van der Waals surface area contributed by atoms with Gasteiger partial charge in [0, 0.05) is 38.5 Å². The van der Waals surface area contributed by atoms with E-state index in [1.54, 1.807) is 0 Å². The number of halogens is 1. The molecule has 154 valence electrons. The SMILES string of the molecule is CN(C)CCCN(C(=O)NCCF)C(=O)[C@@H]1C[C@@H]2CC(=O)CC[C@H]2N(C)C1. The van der Waals surface area contributed by atoms with E-state index >= 15 is 0 Å². The fourth-order valence-electron chi connectivity index (χ4n) is 4.32. The van der Waals surface area contributed by atoms with E-state index in [2.05, 4.69) is 10.2 Å². The van der Waals surface area contributed by atoms with E-state index in [4.69, 9.17) is 0 Å². The Morgan fingerprint density at radius 1 is 1.30 bits per heavy atom. The summed E-state index contributed by atoms with van der Waals surface area (Å²) in [5.74, 6) is -0.0798. The number of Topliss-reactive ketones (excluding diaryl/α,β-unsaturated/α-hetero) is 1. The van der Waals surface area contributed by atoms with Gasteiger partial charge in [-0.25, -0.2) is 9.18 Å². The van der Waals surface area contributed by atoms with Crippen LogP contribution in [0.2, 0.25) is 0 Å². The van der Waals surface area contributed by atoms with Crippen molar-refractivity contribution in [3.05, 3.63) is 0 Å². The summed E-state index contributed by atoms with van der Waals surface area (Å²) in [4.78, 5) is 42.8. The molecule has 7 nitrogen and oxygen atoms in total. The molecule has 1 saturated heterocycles. The first-order chi connectivity index (χ1) is 12.8. The van der Waals surface area contributed by atoms with Crippen molar-refractivity contribution in [3.8, 4) is 0 Å². The van der Waals surface area contributed by atoms with E-state index in [-0.39, 0.29) is 30.1 Å². The fraction of sp³-hybridized carbons (Fsp3) is 0.842. The molecular weight excluding hydrogens is 351 g/mol. The number of imide groups is 1. The topological polar surface area (TPSA) is 73.0 Å². The van der Waals surface area contributed by atoms with Crippen LogP contribution < -0.4 is 5.32 Å². The predicted molar refractivity (Wildman–Crippen MR) is 101 cm³/mol. The summed E-state index contributed by atoms with van der Waals surface area (Å²) in [5.41, 5.74) is 0. The third-order valence-electron chi connectivity index (χ3n) is 5.63. The summed E-state index contributed by atoms with van der Waals surface area (Å²) in [6.45, 7) is 0.893. The van der Waals surface area contributed by atoms with Gasteiger partial charge in [-0.05, 0) is 52.9 Å². The molecule has 2 rings (SSSR count). The first-order valence-corrected chi connectivity index (χ1v) is 9.85. The van der Waals surface area contributed by atoms with E-state index < -0.39 is 12.7 Å². The number of likely N-dealkylation sites (tertiary alicyclic amines) is 1. The molecule has 0 aromatic heterocycles. The quantitative estimate of drug-likeness (QED) is 0.713. The third-order valence-corrected chi connectivity index (χ3v) is 5.63. The summed E-state index contributed by atoms with van der Waals surface area (Å²) >= 11 is 0. The van der Waals surface area contributed by atoms with Gasteiger partial charge in [-0.2, -0.15) is 0 Å². The number of hydrogen-bond acceptors (Lipinski definition) is 5. The minimum atomic E-state index is -0.663. The second-order valence-electron chi connectivity index (χ2n) is 8.05. The molecule has 0 aromatic carbocycles. The molecule has 8 heteroatoms. The van der Waals surface area contributed by atoms with Crippen molar-refractivity contribution in [1.82, 2.24) is 20.0 Å². The smallest absolute Gasteiger partial charge is 0.324 e. The maximum atomic E-state index is 13.1. The molecule has 2 aliphatic rings. The van der Waals surface area contributed by atoms with Crippen LogP contribution in [0.25, 0.3) is 0 Å². The molecule has 1 aliphatic heterocycles. The lowest BCUT2D eigenvalue weighted by molar-refractivity contribution is -0.138. The lowest BCUT2D eigenvalue weighted by atomic mass is 9.74. The predicted octanol–water partition coefficient (Wildman–Crippen LogP) is 1.14. The zero-order valence-corrected chi connectivity index (χ0v) is 16.7. The van der Waals surface area contributed by atoms with Crippen LogP contribution in [0.3, 0.4) is 0 Å². The van der Waals surface area contributed by atoms with Gasteiger partial charge in [-0.15, -0.1) is 0 Å². The molecule has 0 bridgehead atoms. The highest BCUT2D eigenvalue weighted by molar-refractivity contribution is 5.95. The molecule has 0 spiro atoms. The normalized spacial score (nSPS) is 26.0. The lowest BCUT2D eigenvalue weighted by Crippen LogP contribution is -2.55. The number of hydrogen-bond donors (Lipinski definition) is 1. The number of carbonyl (C=O) groups excluding carboxylic acids is 3. The van der Waals surface area contributed by atoms with Crippen LogP contribution in [0.4, 0.5) is 9.18 Å². The summed E-state index contributed by atoms with van der Waals surface area (Å²) in [6.07, 6.45) is 3.29. The molecule has 3 amide bonds. The summed E-state index contributed by atoms with van der Waals surface area (Å²) in [5, 5.41) is 2.47. The average Bonchev–Trinajstić information content (AvgIpc) is 2.62. The molecule has 1 aliphatic carbocycles. The highest BCUT2D eigenvalue weighted by Crippen LogP contribution is 2.36. The molecular formula is C19H33FN4O3. The van der Waals surface area contributed by atoms with Gasteiger partial charge in [0.15, 0.2) is 0 Å². The maximum absolute atomic E-state index is 13.1. The van der Waals surface area contributed by atoms with Crippen molar-refractivity contribution in [1.29, 1.82) is 0 Å². The Balaban J connectivity index is 2.05. The van der Waals surface area contributed by atoms with Crippen LogP contribution in [0.5, 0.6) is 0 Å². The van der Waals surface area contributed by atoms with Crippen molar-refractivity contribution in [2.24, 2.45) is 11.8 Å². The van der Waals surface area contributed by atoms with Crippen molar-refractivity contribution >= 4 is 17.7 Å². The van der Waals surface area contributed by atoms with Crippen molar-refractivity contribution in [2.45, 2.75) is 38.1 Å². The first kappa shape index (κ1) is 21.8. The zero-order chi connectivity index (χ0) is 20.0. The van der Waals surface area contributed by atoms with Gasteiger partial charge in [0.2, 0.25) is 5.91 Å². The standard InChI is InChI=1S/C19H33FN4O3/c1-22(2)9-4-10-24(19(27)21-8-7-20)18(26)15-11-14-12-16(25)5-6-17(14)23(3)13-15/h14-15,17H,4-13H2,1-3H3,(H,21,27)/t14-,15-,17-/m1/s1. The number of urea groups is 1. The van der Waals surface area contributed by atoms with Gasteiger partial charge in [-0.1, -0.05) is 0 Å². The Kier molecular flexibility index (Phi) is 8.16. The van der Waals surface area contributed by atoms with E-state index in [0.717, 1.165) is 13.0 Å². The monoisotopic (exact) mass is 384 g/mol. The fourth-order valence-corrected chi connectivity index (χ4v) is 4.32. The Bertz CT molecular complexity index is 543. The summed E-state index contributed by atoms with van der Waals surface area (Å²) in [6, 6.07) is -0.185. The second kappa shape index (κ2) is 10.1. The van der Waals surface area contributed by atoms with Gasteiger partial charge in [0.1, 0.15) is 12.5 Å². The van der Waals surface area contributed by atoms with E-state index in [0.29, 0.717) is 44.8 Å². The second-order valence-corrected chi connectivity index (χ2v) is 8.05. The Morgan fingerprint density at radius 3 is 2.70 bits per heavy atom. The van der Waals surface area contributed by atoms with Gasteiger partial charge in [0.05, 0.1) is 5.92 Å².